The third kappa shape index (κ3) is 4.90. The first kappa shape index (κ1) is 24.8. The number of aliphatic hydroxyl groups is 1. The Balaban J connectivity index is 0.00000306. The van der Waals surface area contributed by atoms with Crippen LogP contribution in [-0.2, 0) is 0 Å². The van der Waals surface area contributed by atoms with E-state index >= 15 is 0 Å². The molecule has 0 spiro atoms. The lowest BCUT2D eigenvalue weighted by Gasteiger charge is -2.31. The second kappa shape index (κ2) is 9.54. The quantitative estimate of drug-likeness (QED) is 0.427. The summed E-state index contributed by atoms with van der Waals surface area (Å²) in [5, 5.41) is 28.3. The molecular weight excluding hydrogens is 451 g/mol. The fourth-order valence-electron chi connectivity index (χ4n) is 4.12. The van der Waals surface area contributed by atoms with Crippen LogP contribution in [0.25, 0.3) is 22.3 Å². The highest BCUT2D eigenvalue weighted by Crippen LogP contribution is 2.37. The first-order valence-electron chi connectivity index (χ1n) is 10.3. The van der Waals surface area contributed by atoms with E-state index < -0.39 is 11.4 Å². The molecule has 178 valence electrons. The number of hydrogen-bond donors (Lipinski definition) is 4. The lowest BCUT2D eigenvalue weighted by molar-refractivity contribution is 0.0219. The second-order valence-corrected chi connectivity index (χ2v) is 8.45. The number of phenols is 1. The lowest BCUT2D eigenvalue weighted by atomic mass is 9.87. The topological polar surface area (TPSA) is 109 Å². The summed E-state index contributed by atoms with van der Waals surface area (Å²) in [5.74, 6) is 0.929. The number of methoxy groups -OCH3 is 2. The monoisotopic (exact) mass is 478 g/mol. The van der Waals surface area contributed by atoms with Crippen LogP contribution < -0.4 is 20.1 Å². The molecule has 1 aromatic heterocycles. The van der Waals surface area contributed by atoms with Gasteiger partial charge in [-0.05, 0) is 38.1 Å². The molecule has 1 aliphatic rings. The van der Waals surface area contributed by atoms with Gasteiger partial charge in [-0.3, -0.25) is 0 Å². The van der Waals surface area contributed by atoms with Gasteiger partial charge in [0.25, 0.3) is 0 Å². The second-order valence-electron chi connectivity index (χ2n) is 8.45. The van der Waals surface area contributed by atoms with Gasteiger partial charge in [0.2, 0.25) is 0 Å². The van der Waals surface area contributed by atoms with Crippen molar-refractivity contribution < 1.29 is 24.1 Å². The predicted molar refractivity (Wildman–Crippen MR) is 127 cm³/mol. The van der Waals surface area contributed by atoms with Crippen molar-refractivity contribution in [1.82, 2.24) is 15.3 Å². The molecule has 0 bridgehead atoms. The largest absolute Gasteiger partial charge is 0.507 e. The standard InChI is InChI=1S/C23H27FN4O4.ClH/c1-23(2,30)15-10-25-11-17(15)27-21-13-8-19(31-3)20(32-4)9-16(13)26-22(28-21)14-7-12(24)5-6-18(14)29;/h5-9,15,17,25,29-30H,10-11H2,1-4H3,(H,26,27,28);1H/t15-,17-;/m1./s1. The average molecular weight is 479 g/mol. The summed E-state index contributed by atoms with van der Waals surface area (Å²) >= 11 is 0. The maximum Gasteiger partial charge on any atom is 0.165 e. The molecule has 3 aromatic rings. The number of anilines is 1. The summed E-state index contributed by atoms with van der Waals surface area (Å²) in [5.41, 5.74) is -0.202. The third-order valence-corrected chi connectivity index (χ3v) is 5.84. The SMILES string of the molecule is COc1cc2nc(-c3cc(F)ccc3O)nc(N[C@@H]3CNC[C@H]3C(C)(C)O)c2cc1OC.Cl. The van der Waals surface area contributed by atoms with Gasteiger partial charge in [0.05, 0.1) is 30.9 Å². The Hall–Kier alpha value is -2.88. The van der Waals surface area contributed by atoms with Gasteiger partial charge in [0, 0.05) is 36.5 Å². The molecule has 0 radical (unpaired) electrons. The van der Waals surface area contributed by atoms with Crippen molar-refractivity contribution in [2.75, 3.05) is 32.6 Å². The number of halogens is 2. The Morgan fingerprint density at radius 3 is 2.45 bits per heavy atom. The van der Waals surface area contributed by atoms with Gasteiger partial charge in [-0.25, -0.2) is 14.4 Å². The van der Waals surface area contributed by atoms with Crippen molar-refractivity contribution in [1.29, 1.82) is 0 Å². The molecule has 0 amide bonds. The van der Waals surface area contributed by atoms with Gasteiger partial charge < -0.3 is 30.3 Å². The molecule has 1 aliphatic heterocycles. The first-order chi connectivity index (χ1) is 15.2. The Morgan fingerprint density at radius 1 is 1.09 bits per heavy atom. The van der Waals surface area contributed by atoms with Crippen LogP contribution in [0.2, 0.25) is 0 Å². The first-order valence-corrected chi connectivity index (χ1v) is 10.3. The summed E-state index contributed by atoms with van der Waals surface area (Å²) in [4.78, 5) is 9.19. The van der Waals surface area contributed by atoms with Crippen LogP contribution in [0.15, 0.2) is 30.3 Å². The van der Waals surface area contributed by atoms with Crippen molar-refractivity contribution in [3.63, 3.8) is 0 Å². The maximum absolute atomic E-state index is 13.9. The summed E-state index contributed by atoms with van der Waals surface area (Å²) in [6.07, 6.45) is 0. The number of aromatic hydroxyl groups is 1. The minimum Gasteiger partial charge on any atom is -0.507 e. The van der Waals surface area contributed by atoms with Gasteiger partial charge in [0.1, 0.15) is 17.4 Å². The Bertz CT molecular complexity index is 1160. The van der Waals surface area contributed by atoms with Crippen LogP contribution in [0.3, 0.4) is 0 Å². The molecule has 1 saturated heterocycles. The van der Waals surface area contributed by atoms with Crippen LogP contribution in [0, 0.1) is 11.7 Å². The Kier molecular flexibility index (Phi) is 7.16. The molecule has 2 aromatic carbocycles. The smallest absolute Gasteiger partial charge is 0.165 e. The number of rotatable bonds is 6. The third-order valence-electron chi connectivity index (χ3n) is 5.84. The molecule has 0 aliphatic carbocycles. The van der Waals surface area contributed by atoms with E-state index in [1.165, 1.54) is 25.3 Å². The molecule has 2 atom stereocenters. The summed E-state index contributed by atoms with van der Waals surface area (Å²) in [7, 11) is 3.07. The zero-order chi connectivity index (χ0) is 23.0. The zero-order valence-corrected chi connectivity index (χ0v) is 19.7. The predicted octanol–water partition coefficient (Wildman–Crippen LogP) is 3.35. The highest BCUT2D eigenvalue weighted by Gasteiger charge is 2.38. The van der Waals surface area contributed by atoms with Gasteiger partial charge in [-0.1, -0.05) is 0 Å². The van der Waals surface area contributed by atoms with E-state index in [2.05, 4.69) is 20.6 Å². The van der Waals surface area contributed by atoms with Gasteiger partial charge in [0.15, 0.2) is 17.3 Å². The summed E-state index contributed by atoms with van der Waals surface area (Å²) in [6, 6.07) is 7.00. The van der Waals surface area contributed by atoms with Gasteiger partial charge in [-0.2, -0.15) is 0 Å². The molecule has 0 saturated carbocycles. The molecule has 10 heteroatoms. The fraction of sp³-hybridized carbons (Fsp3) is 0.391. The minimum absolute atomic E-state index is 0. The fourth-order valence-corrected chi connectivity index (χ4v) is 4.12. The van der Waals surface area contributed by atoms with Crippen LogP contribution >= 0.6 is 12.4 Å². The molecule has 4 rings (SSSR count). The van der Waals surface area contributed by atoms with Crippen molar-refractivity contribution in [2.24, 2.45) is 5.92 Å². The molecule has 33 heavy (non-hydrogen) atoms. The summed E-state index contributed by atoms with van der Waals surface area (Å²) < 4.78 is 24.8. The lowest BCUT2D eigenvalue weighted by Crippen LogP contribution is -2.42. The van der Waals surface area contributed by atoms with E-state index in [0.29, 0.717) is 41.3 Å². The van der Waals surface area contributed by atoms with Crippen LogP contribution in [-0.4, -0.2) is 59.1 Å². The number of benzene rings is 2. The van der Waals surface area contributed by atoms with Crippen LogP contribution in [0.4, 0.5) is 10.2 Å². The van der Waals surface area contributed by atoms with Crippen molar-refractivity contribution in [2.45, 2.75) is 25.5 Å². The van der Waals surface area contributed by atoms with E-state index in [1.807, 2.05) is 0 Å². The van der Waals surface area contributed by atoms with E-state index in [9.17, 15) is 14.6 Å². The molecule has 1 fully saturated rings. The molecule has 4 N–H and O–H groups in total. The minimum atomic E-state index is -0.908. The Labute approximate surface area is 197 Å². The summed E-state index contributed by atoms with van der Waals surface area (Å²) in [6.45, 7) is 4.84. The normalized spacial score (nSPS) is 18.1. The number of ether oxygens (including phenoxy) is 2. The average Bonchev–Trinajstić information content (AvgIpc) is 3.23. The van der Waals surface area contributed by atoms with E-state index in [-0.39, 0.29) is 41.5 Å². The van der Waals surface area contributed by atoms with Crippen molar-refractivity contribution in [3.05, 3.63) is 36.1 Å². The van der Waals surface area contributed by atoms with Crippen LogP contribution in [0.5, 0.6) is 17.2 Å². The van der Waals surface area contributed by atoms with E-state index in [0.717, 1.165) is 0 Å². The van der Waals surface area contributed by atoms with Crippen molar-refractivity contribution in [3.8, 4) is 28.6 Å². The highest BCUT2D eigenvalue weighted by atomic mass is 35.5. The van der Waals surface area contributed by atoms with Gasteiger partial charge >= 0.3 is 0 Å². The van der Waals surface area contributed by atoms with Gasteiger partial charge in [-0.15, -0.1) is 12.4 Å². The number of fused-ring (bicyclic) bond motifs is 1. The number of hydrogen-bond acceptors (Lipinski definition) is 8. The van der Waals surface area contributed by atoms with Crippen LogP contribution in [0.1, 0.15) is 13.8 Å². The molecule has 0 unspecified atom stereocenters. The number of aromatic nitrogens is 2. The Morgan fingerprint density at radius 2 is 1.79 bits per heavy atom. The number of phenolic OH excluding ortho intramolecular Hbond substituents is 1. The zero-order valence-electron chi connectivity index (χ0n) is 18.8. The maximum atomic E-state index is 13.9. The van der Waals surface area contributed by atoms with E-state index in [4.69, 9.17) is 9.47 Å². The van der Waals surface area contributed by atoms with Crippen molar-refractivity contribution >= 4 is 29.1 Å². The number of nitrogens with one attached hydrogen (secondary N) is 2. The molecule has 2 heterocycles. The van der Waals surface area contributed by atoms with E-state index in [1.54, 1.807) is 33.1 Å². The molecular formula is C23H28ClFN4O4. The highest BCUT2D eigenvalue weighted by molar-refractivity contribution is 5.93. The molecule has 8 nitrogen and oxygen atoms in total. The number of nitrogens with zero attached hydrogens (tertiary/aromatic N) is 2.